The Hall–Kier alpha value is -12.2. The van der Waals surface area contributed by atoms with Crippen molar-refractivity contribution in [1.82, 2.24) is 82.4 Å². The van der Waals surface area contributed by atoms with Crippen LogP contribution in [0.1, 0.15) is 80.1 Å². The zero-order chi connectivity index (χ0) is 73.1. The van der Waals surface area contributed by atoms with Crippen molar-refractivity contribution in [3.63, 3.8) is 0 Å². The smallest absolute Gasteiger partial charge is 0.305 e. The van der Waals surface area contributed by atoms with Gasteiger partial charge in [0.15, 0.2) is 5.78 Å². The number of nitrogens with two attached hydrogens (primary N) is 1. The van der Waals surface area contributed by atoms with Crippen LogP contribution >= 0.6 is 0 Å². The van der Waals surface area contributed by atoms with E-state index in [4.69, 9.17) is 5.73 Å². The molecule has 9 atom stereocenters. The number of nitrogens with zero attached hydrogens (tertiary/aromatic N) is 5. The lowest BCUT2D eigenvalue weighted by atomic mass is 9.88. The van der Waals surface area contributed by atoms with Crippen molar-refractivity contribution < 1.29 is 76.5 Å². The second kappa shape index (κ2) is 31.8. The number of phenols is 1. The van der Waals surface area contributed by atoms with Gasteiger partial charge in [0.1, 0.15) is 59.2 Å². The Kier molecular flexibility index (Phi) is 22.6. The molecule has 4 aromatic heterocycles. The van der Waals surface area contributed by atoms with Crippen molar-refractivity contribution in [1.29, 1.82) is 0 Å². The number of carboxylic acid groups (broad SMARTS) is 1. The van der Waals surface area contributed by atoms with Gasteiger partial charge >= 0.3 is 5.97 Å². The number of ketones is 1. The third-order valence-electron chi connectivity index (χ3n) is 18.0. The van der Waals surface area contributed by atoms with E-state index in [2.05, 4.69) is 72.8 Å². The summed E-state index contributed by atoms with van der Waals surface area (Å²) in [6.07, 6.45) is 3.83. The molecule has 534 valence electrons. The van der Waals surface area contributed by atoms with Gasteiger partial charge in [0.25, 0.3) is 0 Å². The van der Waals surface area contributed by atoms with E-state index < -0.39 is 168 Å². The number of amides is 10. The summed E-state index contributed by atoms with van der Waals surface area (Å²) >= 11 is 0. The second-order valence-electron chi connectivity index (χ2n) is 25.6. The molecule has 102 heavy (non-hydrogen) atoms. The molecule has 7 heterocycles. The fourth-order valence-corrected chi connectivity index (χ4v) is 12.6. The van der Waals surface area contributed by atoms with Crippen LogP contribution < -0.4 is 48.3 Å². The van der Waals surface area contributed by atoms with E-state index >= 15 is 19.2 Å². The molecule has 31 nitrogen and oxygen atoms in total. The average molecular weight is 1400 g/mol. The molecule has 3 aliphatic rings. The van der Waals surface area contributed by atoms with Gasteiger partial charge in [-0.2, -0.15) is 0 Å². The lowest BCUT2D eigenvalue weighted by molar-refractivity contribution is -0.148. The number of aromatic nitrogens is 7. The van der Waals surface area contributed by atoms with Crippen molar-refractivity contribution >= 4 is 92.6 Å². The van der Waals surface area contributed by atoms with Gasteiger partial charge in [0.05, 0.1) is 42.9 Å². The van der Waals surface area contributed by atoms with E-state index in [1.165, 1.54) is 116 Å². The number of benzene rings is 4. The van der Waals surface area contributed by atoms with Crippen LogP contribution in [-0.4, -0.2) is 182 Å². The van der Waals surface area contributed by atoms with Gasteiger partial charge < -0.3 is 78.3 Å². The van der Waals surface area contributed by atoms with Gasteiger partial charge in [0.2, 0.25) is 59.1 Å². The van der Waals surface area contributed by atoms with Crippen LogP contribution in [-0.2, 0) is 96.1 Å². The zero-order valence-electron chi connectivity index (χ0n) is 55.4. The number of halogens is 2. The van der Waals surface area contributed by atoms with Crippen molar-refractivity contribution in [2.75, 3.05) is 13.1 Å². The summed E-state index contributed by atoms with van der Waals surface area (Å²) in [6.45, 7) is 3.14. The predicted molar refractivity (Wildman–Crippen MR) is 359 cm³/mol. The minimum absolute atomic E-state index is 0.0125. The maximum Gasteiger partial charge on any atom is 0.305 e. The van der Waals surface area contributed by atoms with E-state index in [0.29, 0.717) is 34.3 Å². The second-order valence-corrected chi connectivity index (χ2v) is 25.6. The van der Waals surface area contributed by atoms with Crippen molar-refractivity contribution in [3.05, 3.63) is 161 Å². The van der Waals surface area contributed by atoms with Crippen molar-refractivity contribution in [2.24, 2.45) is 11.7 Å². The van der Waals surface area contributed by atoms with Crippen LogP contribution in [0.4, 0.5) is 8.78 Å². The Morgan fingerprint density at radius 2 is 1.31 bits per heavy atom. The molecule has 3 aliphatic heterocycles. The normalized spacial score (nSPS) is 22.9. The minimum Gasteiger partial charge on any atom is -0.508 e. The molecule has 8 aromatic rings. The highest BCUT2D eigenvalue weighted by Crippen LogP contribution is 2.34. The first kappa shape index (κ1) is 72.6. The lowest BCUT2D eigenvalue weighted by Crippen LogP contribution is -2.60. The first-order chi connectivity index (χ1) is 48.7. The summed E-state index contributed by atoms with van der Waals surface area (Å²) in [6, 6.07) is 8.65. The van der Waals surface area contributed by atoms with E-state index in [9.17, 15) is 57.4 Å². The van der Waals surface area contributed by atoms with Crippen LogP contribution in [0.5, 0.6) is 5.75 Å². The number of carbonyl (C=O) groups excluding carboxylic acids is 11. The Bertz CT molecular complexity index is 4500. The summed E-state index contributed by atoms with van der Waals surface area (Å²) in [5.74, 6) is -14.4. The summed E-state index contributed by atoms with van der Waals surface area (Å²) in [7, 11) is 0. The molecule has 0 saturated carbocycles. The number of primary amides is 1. The number of Topliss-reactive ketones (excluding diaryl/α,β-unsaturated/α-hetero) is 1. The highest BCUT2D eigenvalue weighted by Gasteiger charge is 2.49. The molecule has 0 aliphatic carbocycles. The first-order valence-electron chi connectivity index (χ1n) is 32.7. The number of phenolic OH excluding ortho intramolecular Hbond substituents is 1. The Morgan fingerprint density at radius 3 is 1.92 bits per heavy atom. The molecule has 1 saturated heterocycles. The van der Waals surface area contributed by atoms with Crippen LogP contribution in [0.15, 0.2) is 116 Å². The molecule has 0 radical (unpaired) electrons. The number of imidazole rings is 1. The number of rotatable bonds is 12. The van der Waals surface area contributed by atoms with E-state index in [1.54, 1.807) is 24.3 Å². The van der Waals surface area contributed by atoms with Crippen LogP contribution in [0.3, 0.4) is 0 Å². The average Bonchev–Trinajstić information content (AvgIpc) is 1.58. The van der Waals surface area contributed by atoms with Crippen LogP contribution in [0, 0.1) is 17.6 Å². The third kappa shape index (κ3) is 18.0. The van der Waals surface area contributed by atoms with Crippen LogP contribution in [0.25, 0.3) is 27.5 Å². The fourth-order valence-electron chi connectivity index (χ4n) is 12.6. The molecule has 15 N–H and O–H groups in total. The zero-order valence-corrected chi connectivity index (χ0v) is 55.4. The molecule has 0 unspecified atom stereocenters. The highest BCUT2D eigenvalue weighted by molar-refractivity contribution is 6.01. The molecule has 11 rings (SSSR count). The molecule has 10 amide bonds. The van der Waals surface area contributed by atoms with Crippen molar-refractivity contribution in [3.8, 4) is 11.4 Å². The largest absolute Gasteiger partial charge is 0.508 e. The lowest BCUT2D eigenvalue weighted by Gasteiger charge is -2.37. The monoisotopic (exact) mass is 1400 g/mol. The summed E-state index contributed by atoms with van der Waals surface area (Å²) in [5, 5.41) is 49.7. The summed E-state index contributed by atoms with van der Waals surface area (Å²) < 4.78 is 31.2. The molecule has 4 bridgehead atoms. The molecular weight excluding hydrogens is 1330 g/mol. The molecule has 1 fully saturated rings. The van der Waals surface area contributed by atoms with E-state index in [-0.39, 0.29) is 77.7 Å². The van der Waals surface area contributed by atoms with Gasteiger partial charge in [-0.05, 0) is 116 Å². The summed E-state index contributed by atoms with van der Waals surface area (Å²) in [4.78, 5) is 184. The Labute approximate surface area is 579 Å². The minimum atomic E-state index is -2.05. The number of aliphatic carboxylic acids is 1. The SMILES string of the molecule is CC(=O)N[C@H]1Cc2cn(nn2)-c2ccc(cc2)C[C@@H](C(N)=O)NC(=O)[C@]2(C)CCCN2C(=O)[C@H](Cc2ccc(O)cc2)CC(=O)[C@H](Cc2cnc[nH]2)NC(=O)[C@H](CC(=O)O)NC(=O)[C@H](Cc2c[nH]c3ccc(F)cc23)NC(=O)[C@H](Cc2c[nH]c3ccc(F)cc23)NC(=O)CNC(=O)[C@H](C)NC1=O. The quantitative estimate of drug-likeness (QED) is 0.0740. The maximum absolute atomic E-state index is 15.3. The number of H-pyrrole nitrogens is 3. The highest BCUT2D eigenvalue weighted by atomic mass is 19.1. The molecule has 33 heteroatoms. The molecule has 0 spiro atoms. The number of aromatic amines is 3. The standard InChI is InChI=1S/C69H75F2N17O14/c1-35-62(96)76-32-59(92)80-54(21-40-29-74-50-15-9-42(70)24-48(40)50)64(98)82-55(22-41-30-75-51-16-10-43(71)25-49(41)51)65(99)83-57(28-60(93)94)66(100)81-52(26-44-31-73-34-77-44)58(91)23-39(19-37-7-13-47(90)14-8-37)67(101)87-18-4-17-69(87,3)68(102)84-53(61(72)95)20-38-5-11-46(12-6-38)88-33-45(85-86-88)27-56(63(97)78-35)79-36(2)89/h5-16,24-25,29-31,33-35,39,52-57,74-75,90H,4,17-23,26-28,32H2,1-3H3,(H2,72,95)(H,73,77)(H,76,96)(H,78,97)(H,79,89)(H,80,92)(H,81,100)(H,82,98)(H,83,99)(H,84,102)(H,93,94)/t35-,39+,52-,53-,54-,55-,56-,57-,69-/m0/s1. The number of carboxylic acids is 1. The Morgan fingerprint density at radius 1 is 0.696 bits per heavy atom. The van der Waals surface area contributed by atoms with E-state index in [1.807, 2.05) is 0 Å². The number of hydrogen-bond donors (Lipinski definition) is 14. The van der Waals surface area contributed by atoms with Gasteiger partial charge in [-0.25, -0.2) is 18.4 Å². The predicted octanol–water partition coefficient (Wildman–Crippen LogP) is 0.472. The van der Waals surface area contributed by atoms with Crippen LogP contribution in [0.2, 0.25) is 0 Å². The van der Waals surface area contributed by atoms with E-state index in [0.717, 1.165) is 6.07 Å². The first-order valence-corrected chi connectivity index (χ1v) is 32.7. The van der Waals surface area contributed by atoms with Gasteiger partial charge in [-0.1, -0.05) is 29.5 Å². The number of carbonyl (C=O) groups is 12. The maximum atomic E-state index is 15.3. The topological polar surface area (TPSA) is 462 Å². The number of fused-ring (bicyclic) bond motifs is 30. The van der Waals surface area contributed by atoms with Gasteiger partial charge in [-0.3, -0.25) is 57.5 Å². The molecular formula is C69H75F2N17O14. The number of aromatic hydroxyl groups is 1. The third-order valence-corrected chi connectivity index (χ3v) is 18.0. The van der Waals surface area contributed by atoms with Gasteiger partial charge in [-0.15, -0.1) is 5.10 Å². The Balaban J connectivity index is 1.01. The van der Waals surface area contributed by atoms with Gasteiger partial charge in [0, 0.05) is 104 Å². The number of nitrogens with one attached hydrogen (secondary N) is 11. The number of hydrogen-bond acceptors (Lipinski definition) is 16. The fraction of sp³-hybridized carbons (Fsp3) is 0.348. The van der Waals surface area contributed by atoms with Crippen molar-refractivity contribution in [2.45, 2.75) is 133 Å². The molecule has 4 aromatic carbocycles. The summed E-state index contributed by atoms with van der Waals surface area (Å²) in [5.41, 5.74) is 7.53.